The summed E-state index contributed by atoms with van der Waals surface area (Å²) in [5, 5.41) is 7.12. The summed E-state index contributed by atoms with van der Waals surface area (Å²) < 4.78 is 54.5. The number of thiazole rings is 1. The van der Waals surface area contributed by atoms with Gasteiger partial charge in [-0.1, -0.05) is 18.2 Å². The lowest BCUT2D eigenvalue weighted by Crippen LogP contribution is -2.32. The molecule has 218 valence electrons. The van der Waals surface area contributed by atoms with E-state index in [0.29, 0.717) is 11.3 Å². The maximum absolute atomic E-state index is 15.1. The molecule has 0 aliphatic heterocycles. The first-order chi connectivity index (χ1) is 19.2. The largest absolute Gasteiger partial charge is 0.497 e. The van der Waals surface area contributed by atoms with Crippen LogP contribution in [0.2, 0.25) is 0 Å². The van der Waals surface area contributed by atoms with Crippen molar-refractivity contribution in [3.05, 3.63) is 70.6 Å². The fourth-order valence-electron chi connectivity index (χ4n) is 3.48. The van der Waals surface area contributed by atoms with Crippen molar-refractivity contribution in [2.75, 3.05) is 18.0 Å². The second-order valence-corrected chi connectivity index (χ2v) is 12.5. The van der Waals surface area contributed by atoms with Crippen LogP contribution in [0.3, 0.4) is 0 Å². The molecule has 0 aliphatic carbocycles. The molecule has 0 radical (unpaired) electrons. The number of carbonyl (C=O) groups is 2. The zero-order chi connectivity index (χ0) is 30.4. The summed E-state index contributed by atoms with van der Waals surface area (Å²) in [6.07, 6.45) is 0.574. The van der Waals surface area contributed by atoms with Crippen LogP contribution in [-0.4, -0.2) is 56.5 Å². The van der Waals surface area contributed by atoms with Crippen molar-refractivity contribution in [2.45, 2.75) is 44.2 Å². The van der Waals surface area contributed by atoms with Crippen LogP contribution in [0.1, 0.15) is 42.4 Å². The minimum Gasteiger partial charge on any atom is -0.497 e. The third kappa shape index (κ3) is 8.41. The van der Waals surface area contributed by atoms with Crippen LogP contribution in [-0.2, 0) is 32.5 Å². The highest BCUT2D eigenvalue weighted by Crippen LogP contribution is 2.34. The van der Waals surface area contributed by atoms with Gasteiger partial charge >= 0.3 is 5.97 Å². The van der Waals surface area contributed by atoms with Gasteiger partial charge in [0.25, 0.3) is 10.0 Å². The molecule has 11 nitrogen and oxygen atoms in total. The molecule has 1 heterocycles. The summed E-state index contributed by atoms with van der Waals surface area (Å²) in [6.45, 7) is 4.64. The van der Waals surface area contributed by atoms with Gasteiger partial charge in [0, 0.05) is 6.42 Å². The molecule has 0 unspecified atom stereocenters. The predicted molar refractivity (Wildman–Crippen MR) is 154 cm³/mol. The molecule has 0 aliphatic rings. The van der Waals surface area contributed by atoms with Gasteiger partial charge < -0.3 is 15.2 Å². The molecule has 14 heteroatoms. The number of nitrogens with two attached hydrogens (primary N) is 1. The first kappa shape index (κ1) is 31.4. The Labute approximate surface area is 241 Å². The number of nitrogens with one attached hydrogen (secondary N) is 1. The molecule has 0 fully saturated rings. The van der Waals surface area contributed by atoms with E-state index < -0.39 is 38.1 Å². The van der Waals surface area contributed by atoms with Crippen molar-refractivity contribution in [1.82, 2.24) is 4.98 Å². The van der Waals surface area contributed by atoms with Crippen molar-refractivity contribution in [3.63, 3.8) is 0 Å². The van der Waals surface area contributed by atoms with Crippen molar-refractivity contribution in [1.29, 1.82) is 5.41 Å². The van der Waals surface area contributed by atoms with Crippen LogP contribution in [0.4, 0.5) is 9.39 Å². The summed E-state index contributed by atoms with van der Waals surface area (Å²) >= 11 is 0.919. The Kier molecular flexibility index (Phi) is 9.94. The number of anilines is 1. The third-order valence-corrected chi connectivity index (χ3v) is 8.03. The monoisotopic (exact) mass is 603 g/mol. The van der Waals surface area contributed by atoms with Gasteiger partial charge in [0.1, 0.15) is 28.0 Å². The molecule has 3 aromatic rings. The molecule has 0 saturated heterocycles. The van der Waals surface area contributed by atoms with E-state index >= 15 is 4.39 Å². The number of carbonyl (C=O) groups excluding carboxylic acids is 2. The minimum absolute atomic E-state index is 0.00332. The number of hydrogen-bond acceptors (Lipinski definition) is 10. The summed E-state index contributed by atoms with van der Waals surface area (Å²) in [7, 11) is -2.95. The average Bonchev–Trinajstić information content (AvgIpc) is 3.37. The van der Waals surface area contributed by atoms with Gasteiger partial charge in [0.2, 0.25) is 0 Å². The number of ether oxygens (including phenoxy) is 2. The van der Waals surface area contributed by atoms with Crippen LogP contribution in [0, 0.1) is 11.2 Å². The number of sulfonamides is 1. The molecule has 0 bridgehead atoms. The van der Waals surface area contributed by atoms with E-state index in [9.17, 15) is 18.0 Å². The average molecular weight is 604 g/mol. The zero-order valence-corrected chi connectivity index (χ0v) is 24.5. The van der Waals surface area contributed by atoms with Gasteiger partial charge in [-0.3, -0.25) is 19.5 Å². The zero-order valence-electron chi connectivity index (χ0n) is 22.9. The van der Waals surface area contributed by atoms with E-state index in [2.05, 4.69) is 9.98 Å². The Morgan fingerprint density at radius 3 is 2.46 bits per heavy atom. The molecule has 3 N–H and O–H groups in total. The number of aliphatic imine (C=N–C) groups is 1. The summed E-state index contributed by atoms with van der Waals surface area (Å²) in [5.41, 5.74) is 5.98. The Hall–Kier alpha value is -4.17. The third-order valence-electron chi connectivity index (χ3n) is 5.33. The van der Waals surface area contributed by atoms with Gasteiger partial charge in [-0.15, -0.1) is 11.3 Å². The van der Waals surface area contributed by atoms with Gasteiger partial charge in [0.05, 0.1) is 36.8 Å². The van der Waals surface area contributed by atoms with Crippen molar-refractivity contribution >= 4 is 50.2 Å². The molecule has 0 saturated carbocycles. The summed E-state index contributed by atoms with van der Waals surface area (Å²) in [6, 6.07) is 9.85. The first-order valence-electron chi connectivity index (χ1n) is 12.2. The summed E-state index contributed by atoms with van der Waals surface area (Å²) in [4.78, 5) is 32.4. The number of esters is 1. The number of rotatable bonds is 12. The highest BCUT2D eigenvalue weighted by atomic mass is 32.2. The Bertz CT molecular complexity index is 1560. The van der Waals surface area contributed by atoms with Crippen LogP contribution >= 0.6 is 11.3 Å². The van der Waals surface area contributed by atoms with Gasteiger partial charge in [-0.2, -0.15) is 0 Å². The number of nitrogens with zero attached hydrogens (tertiary/aromatic N) is 3. The quantitative estimate of drug-likeness (QED) is 0.179. The minimum atomic E-state index is -4.45. The number of halogens is 1. The Balaban J connectivity index is 2.01. The molecule has 41 heavy (non-hydrogen) atoms. The summed E-state index contributed by atoms with van der Waals surface area (Å²) in [5.74, 6) is -1.94. The SMILES string of the molecule is COc1ccc(CN(c2scnc2C(=O)OC(C)(C)C)S(=O)(=O)c2ccc(CC(=O)C=NCC(=N)N)c(F)c2)cc1. The smallest absolute Gasteiger partial charge is 0.360 e. The molecule has 0 amide bonds. The maximum atomic E-state index is 15.1. The molecular weight excluding hydrogens is 573 g/mol. The van der Waals surface area contributed by atoms with E-state index in [1.54, 1.807) is 45.0 Å². The van der Waals surface area contributed by atoms with E-state index in [0.717, 1.165) is 27.9 Å². The van der Waals surface area contributed by atoms with Gasteiger partial charge in [-0.25, -0.2) is 22.6 Å². The Morgan fingerprint density at radius 2 is 1.88 bits per heavy atom. The standard InChI is InChI=1S/C27H30FN5O6S2/c1-27(2,3)39-26(35)24-25(40-16-32-24)33(15-17-5-8-20(38-4)9-6-17)41(36,37)21-10-7-18(22(28)12-21)11-19(34)13-31-14-23(29)30/h5-10,12-13,16H,11,14-15H2,1-4H3,(H3,29,30). The first-order valence-corrected chi connectivity index (χ1v) is 14.5. The molecule has 0 spiro atoms. The van der Waals surface area contributed by atoms with Crippen molar-refractivity contribution in [2.24, 2.45) is 10.7 Å². The second-order valence-electron chi connectivity index (χ2n) is 9.76. The van der Waals surface area contributed by atoms with Crippen molar-refractivity contribution in [3.8, 4) is 5.75 Å². The molecule has 0 atom stereocenters. The van der Waals surface area contributed by atoms with E-state index in [1.807, 2.05) is 0 Å². The van der Waals surface area contributed by atoms with Crippen LogP contribution in [0.15, 0.2) is 57.9 Å². The predicted octanol–water partition coefficient (Wildman–Crippen LogP) is 3.76. The fraction of sp³-hybridized carbons (Fsp3) is 0.296. The van der Waals surface area contributed by atoms with Crippen LogP contribution < -0.4 is 14.8 Å². The number of Topliss-reactive ketones (excluding diaryl/α,β-unsaturated/α-hetero) is 1. The van der Waals surface area contributed by atoms with E-state index in [1.165, 1.54) is 24.8 Å². The number of benzene rings is 2. The highest BCUT2D eigenvalue weighted by Gasteiger charge is 2.33. The van der Waals surface area contributed by atoms with Gasteiger partial charge in [-0.05, 0) is 56.2 Å². The van der Waals surface area contributed by atoms with Gasteiger partial charge in [0.15, 0.2) is 11.5 Å². The van der Waals surface area contributed by atoms with E-state index in [-0.39, 0.29) is 41.6 Å². The van der Waals surface area contributed by atoms with Crippen LogP contribution in [0.5, 0.6) is 5.75 Å². The topological polar surface area (TPSA) is 165 Å². The molecule has 2 aromatic carbocycles. The lowest BCUT2D eigenvalue weighted by Gasteiger charge is -2.25. The second kappa shape index (κ2) is 13.0. The molecule has 1 aromatic heterocycles. The normalized spacial score (nSPS) is 11.8. The lowest BCUT2D eigenvalue weighted by molar-refractivity contribution is -0.112. The number of ketones is 1. The Morgan fingerprint density at radius 1 is 1.20 bits per heavy atom. The lowest BCUT2D eigenvalue weighted by atomic mass is 10.1. The molecule has 3 rings (SSSR count). The number of amidine groups is 1. The van der Waals surface area contributed by atoms with Crippen molar-refractivity contribution < 1.29 is 31.9 Å². The maximum Gasteiger partial charge on any atom is 0.360 e. The highest BCUT2D eigenvalue weighted by molar-refractivity contribution is 7.93. The van der Waals surface area contributed by atoms with E-state index in [4.69, 9.17) is 20.6 Å². The number of aromatic nitrogens is 1. The number of hydrogen-bond donors (Lipinski definition) is 2. The molecular formula is C27H30FN5O6S2. The number of methoxy groups -OCH3 is 1. The fourth-order valence-corrected chi connectivity index (χ4v) is 5.97. The van der Waals surface area contributed by atoms with Crippen LogP contribution in [0.25, 0.3) is 0 Å².